The first kappa shape index (κ1) is 11.8. The van der Waals surface area contributed by atoms with E-state index in [0.717, 1.165) is 20.5 Å². The molecule has 18 heavy (non-hydrogen) atoms. The summed E-state index contributed by atoms with van der Waals surface area (Å²) in [5.74, 6) is -0.243. The Hall–Kier alpha value is -1.23. The minimum Gasteiger partial charge on any atom is -0.383 e. The third kappa shape index (κ3) is 2.07. The lowest BCUT2D eigenvalue weighted by Crippen LogP contribution is -1.93. The van der Waals surface area contributed by atoms with E-state index in [1.54, 1.807) is 17.4 Å². The van der Waals surface area contributed by atoms with Crippen molar-refractivity contribution < 1.29 is 9.50 Å². The SMILES string of the molecule is Cc1cc(C(O)c2cc3cc(F)ccc3s2)cs1. The van der Waals surface area contributed by atoms with Crippen LogP contribution in [0.2, 0.25) is 0 Å². The number of aliphatic hydroxyl groups is 1. The predicted molar refractivity (Wildman–Crippen MR) is 74.9 cm³/mol. The van der Waals surface area contributed by atoms with Gasteiger partial charge in [-0.2, -0.15) is 0 Å². The van der Waals surface area contributed by atoms with Gasteiger partial charge in [-0.25, -0.2) is 4.39 Å². The zero-order chi connectivity index (χ0) is 12.7. The Bertz CT molecular complexity index is 699. The van der Waals surface area contributed by atoms with E-state index < -0.39 is 6.10 Å². The highest BCUT2D eigenvalue weighted by molar-refractivity contribution is 7.19. The fraction of sp³-hybridized carbons (Fsp3) is 0.143. The van der Waals surface area contributed by atoms with Crippen LogP contribution in [0.4, 0.5) is 4.39 Å². The van der Waals surface area contributed by atoms with E-state index >= 15 is 0 Å². The van der Waals surface area contributed by atoms with Crippen LogP contribution in [-0.4, -0.2) is 5.11 Å². The van der Waals surface area contributed by atoms with Gasteiger partial charge >= 0.3 is 0 Å². The molecule has 0 fully saturated rings. The third-order valence-corrected chi connectivity index (χ3v) is 4.88. The molecule has 0 amide bonds. The number of rotatable bonds is 2. The molecule has 1 unspecified atom stereocenters. The maximum absolute atomic E-state index is 13.1. The highest BCUT2D eigenvalue weighted by atomic mass is 32.1. The number of hydrogen-bond acceptors (Lipinski definition) is 3. The molecule has 3 aromatic rings. The van der Waals surface area contributed by atoms with Crippen LogP contribution in [0.15, 0.2) is 35.7 Å². The summed E-state index contributed by atoms with van der Waals surface area (Å²) in [7, 11) is 0. The van der Waals surface area contributed by atoms with Crippen molar-refractivity contribution in [2.75, 3.05) is 0 Å². The van der Waals surface area contributed by atoms with Crippen molar-refractivity contribution in [2.45, 2.75) is 13.0 Å². The van der Waals surface area contributed by atoms with Crippen molar-refractivity contribution in [2.24, 2.45) is 0 Å². The summed E-state index contributed by atoms with van der Waals surface area (Å²) in [6, 6.07) is 8.55. The van der Waals surface area contributed by atoms with E-state index in [1.807, 2.05) is 24.4 Å². The second kappa shape index (κ2) is 4.46. The van der Waals surface area contributed by atoms with E-state index in [-0.39, 0.29) is 5.82 Å². The molecular weight excluding hydrogens is 267 g/mol. The van der Waals surface area contributed by atoms with Crippen LogP contribution in [0, 0.1) is 12.7 Å². The lowest BCUT2D eigenvalue weighted by molar-refractivity contribution is 0.225. The molecular formula is C14H11FOS2. The Morgan fingerprint density at radius 2 is 2.06 bits per heavy atom. The Morgan fingerprint density at radius 3 is 2.78 bits per heavy atom. The molecule has 1 atom stereocenters. The summed E-state index contributed by atoms with van der Waals surface area (Å²) < 4.78 is 14.1. The average molecular weight is 278 g/mol. The lowest BCUT2D eigenvalue weighted by Gasteiger charge is -2.04. The number of halogens is 1. The van der Waals surface area contributed by atoms with E-state index in [4.69, 9.17) is 0 Å². The zero-order valence-corrected chi connectivity index (χ0v) is 11.3. The summed E-state index contributed by atoms with van der Waals surface area (Å²) in [5, 5.41) is 13.1. The van der Waals surface area contributed by atoms with Gasteiger partial charge < -0.3 is 5.11 Å². The molecule has 0 spiro atoms. The fourth-order valence-corrected chi connectivity index (χ4v) is 3.72. The van der Waals surface area contributed by atoms with Crippen LogP contribution in [0.3, 0.4) is 0 Å². The summed E-state index contributed by atoms with van der Waals surface area (Å²) >= 11 is 3.13. The molecule has 0 aliphatic rings. The first-order valence-electron chi connectivity index (χ1n) is 5.55. The van der Waals surface area contributed by atoms with Gasteiger partial charge in [-0.15, -0.1) is 22.7 Å². The minimum absolute atomic E-state index is 0.243. The van der Waals surface area contributed by atoms with E-state index in [9.17, 15) is 9.50 Å². The largest absolute Gasteiger partial charge is 0.383 e. The number of benzene rings is 1. The van der Waals surface area contributed by atoms with Gasteiger partial charge in [0.15, 0.2) is 0 Å². The van der Waals surface area contributed by atoms with Gasteiger partial charge in [0.05, 0.1) is 0 Å². The molecule has 2 heterocycles. The summed E-state index contributed by atoms with van der Waals surface area (Å²) in [6.45, 7) is 2.02. The summed E-state index contributed by atoms with van der Waals surface area (Å²) in [6.07, 6.45) is -0.615. The van der Waals surface area contributed by atoms with Gasteiger partial charge in [0.25, 0.3) is 0 Å². The smallest absolute Gasteiger partial charge is 0.123 e. The van der Waals surface area contributed by atoms with Crippen LogP contribution in [-0.2, 0) is 0 Å². The quantitative estimate of drug-likeness (QED) is 0.732. The first-order chi connectivity index (χ1) is 8.63. The number of aliphatic hydroxyl groups excluding tert-OH is 1. The van der Waals surface area contributed by atoms with E-state index in [1.165, 1.54) is 28.3 Å². The minimum atomic E-state index is -0.615. The van der Waals surface area contributed by atoms with Crippen molar-refractivity contribution in [3.63, 3.8) is 0 Å². The molecule has 0 aliphatic heterocycles. The van der Waals surface area contributed by atoms with Crippen molar-refractivity contribution in [3.05, 3.63) is 56.8 Å². The molecule has 0 saturated carbocycles. The van der Waals surface area contributed by atoms with Crippen LogP contribution in [0.25, 0.3) is 10.1 Å². The monoisotopic (exact) mass is 278 g/mol. The van der Waals surface area contributed by atoms with Gasteiger partial charge in [0, 0.05) is 14.5 Å². The molecule has 92 valence electrons. The Morgan fingerprint density at radius 1 is 1.22 bits per heavy atom. The van der Waals surface area contributed by atoms with Gasteiger partial charge in [-0.3, -0.25) is 0 Å². The molecule has 0 bridgehead atoms. The molecule has 0 aliphatic carbocycles. The number of fused-ring (bicyclic) bond motifs is 1. The van der Waals surface area contributed by atoms with Crippen molar-refractivity contribution >= 4 is 32.8 Å². The Labute approximate surface area is 112 Å². The van der Waals surface area contributed by atoms with E-state index in [0.29, 0.717) is 0 Å². The standard InChI is InChI=1S/C14H11FOS2/c1-8-4-10(7-17-8)14(16)13-6-9-5-11(15)2-3-12(9)18-13/h2-7,14,16H,1H3. The first-order valence-corrected chi connectivity index (χ1v) is 7.25. The molecule has 3 rings (SSSR count). The van der Waals surface area contributed by atoms with Crippen molar-refractivity contribution in [1.29, 1.82) is 0 Å². The summed E-state index contributed by atoms with van der Waals surface area (Å²) in [5.41, 5.74) is 0.907. The van der Waals surface area contributed by atoms with Gasteiger partial charge in [0.2, 0.25) is 0 Å². The van der Waals surface area contributed by atoms with Crippen LogP contribution >= 0.6 is 22.7 Å². The molecule has 1 nitrogen and oxygen atoms in total. The fourth-order valence-electron chi connectivity index (χ4n) is 1.94. The topological polar surface area (TPSA) is 20.2 Å². The molecule has 0 saturated heterocycles. The maximum atomic E-state index is 13.1. The summed E-state index contributed by atoms with van der Waals surface area (Å²) in [4.78, 5) is 2.03. The highest BCUT2D eigenvalue weighted by Crippen LogP contribution is 2.34. The number of hydrogen-bond donors (Lipinski definition) is 1. The van der Waals surface area contributed by atoms with Crippen molar-refractivity contribution in [3.8, 4) is 0 Å². The second-order valence-corrected chi connectivity index (χ2v) is 6.45. The van der Waals surface area contributed by atoms with Gasteiger partial charge in [-0.1, -0.05) is 0 Å². The number of aryl methyl sites for hydroxylation is 1. The van der Waals surface area contributed by atoms with Crippen LogP contribution in [0.1, 0.15) is 21.4 Å². The van der Waals surface area contributed by atoms with Gasteiger partial charge in [0.1, 0.15) is 11.9 Å². The Balaban J connectivity index is 2.03. The van der Waals surface area contributed by atoms with Crippen molar-refractivity contribution in [1.82, 2.24) is 0 Å². The maximum Gasteiger partial charge on any atom is 0.123 e. The van der Waals surface area contributed by atoms with Gasteiger partial charge in [-0.05, 0) is 53.6 Å². The van der Waals surface area contributed by atoms with Crippen LogP contribution < -0.4 is 0 Å². The highest BCUT2D eigenvalue weighted by Gasteiger charge is 2.15. The lowest BCUT2D eigenvalue weighted by atomic mass is 10.1. The molecule has 1 N–H and O–H groups in total. The van der Waals surface area contributed by atoms with Crippen LogP contribution in [0.5, 0.6) is 0 Å². The predicted octanol–water partition coefficient (Wildman–Crippen LogP) is 4.49. The third-order valence-electron chi connectivity index (χ3n) is 2.83. The second-order valence-electron chi connectivity index (χ2n) is 4.22. The van der Waals surface area contributed by atoms with E-state index in [2.05, 4.69) is 0 Å². The molecule has 0 radical (unpaired) electrons. The molecule has 2 aromatic heterocycles. The Kier molecular flexibility index (Phi) is 2.93. The number of thiophene rings is 2. The zero-order valence-electron chi connectivity index (χ0n) is 9.68. The average Bonchev–Trinajstić information content (AvgIpc) is 2.93. The molecule has 1 aromatic carbocycles. The normalized spacial score (nSPS) is 13.1. The molecule has 4 heteroatoms.